The third-order valence-corrected chi connectivity index (χ3v) is 7.30. The van der Waals surface area contributed by atoms with E-state index in [0.29, 0.717) is 40.5 Å². The minimum atomic E-state index is -1.45. The Morgan fingerprint density at radius 1 is 1.31 bits per heavy atom. The van der Waals surface area contributed by atoms with Gasteiger partial charge in [0.05, 0.1) is 36.2 Å². The van der Waals surface area contributed by atoms with Crippen LogP contribution in [0, 0.1) is 5.82 Å². The van der Waals surface area contributed by atoms with Gasteiger partial charge in [-0.05, 0) is 29.7 Å². The second kappa shape index (κ2) is 9.95. The molecule has 2 aromatic carbocycles. The minimum absolute atomic E-state index is 0.0811. The van der Waals surface area contributed by atoms with E-state index < -0.39 is 41.2 Å². The molecule has 2 saturated heterocycles. The van der Waals surface area contributed by atoms with Crippen LogP contribution in [0.5, 0.6) is 0 Å². The van der Waals surface area contributed by atoms with Crippen molar-refractivity contribution in [3.05, 3.63) is 58.9 Å². The molecule has 2 fully saturated rings. The van der Waals surface area contributed by atoms with Crippen LogP contribution in [0.2, 0.25) is 5.02 Å². The Bertz CT molecular complexity index is 1020. The number of benzene rings is 2. The summed E-state index contributed by atoms with van der Waals surface area (Å²) in [5, 5.41) is 0.493. The van der Waals surface area contributed by atoms with Crippen molar-refractivity contribution in [3.8, 4) is 11.1 Å². The Kier molecular flexibility index (Phi) is 7.24. The number of alkyl halides is 1. The fourth-order valence-electron chi connectivity index (χ4n) is 4.21. The summed E-state index contributed by atoms with van der Waals surface area (Å²) in [6, 6.07) is 10.3. The van der Waals surface area contributed by atoms with E-state index >= 15 is 4.39 Å². The molecule has 2 heterocycles. The number of nitrogens with zero attached hydrogens (tertiary/aromatic N) is 1. The first kappa shape index (κ1) is 23.3. The maximum absolute atomic E-state index is 15.5. The summed E-state index contributed by atoms with van der Waals surface area (Å²) in [7, 11) is -1.45. The summed E-state index contributed by atoms with van der Waals surface area (Å²) in [6.45, 7) is 2.07. The van der Waals surface area contributed by atoms with Crippen molar-refractivity contribution in [2.45, 2.75) is 44.1 Å². The number of halogens is 3. The third-order valence-electron chi connectivity index (χ3n) is 6.01. The zero-order valence-corrected chi connectivity index (χ0v) is 19.2. The summed E-state index contributed by atoms with van der Waals surface area (Å²) >= 11 is 6.07. The predicted octanol–water partition coefficient (Wildman–Crippen LogP) is 3.67. The molecule has 5 nitrogen and oxygen atoms in total. The van der Waals surface area contributed by atoms with E-state index in [4.69, 9.17) is 16.3 Å². The van der Waals surface area contributed by atoms with Crippen LogP contribution in [0.1, 0.15) is 18.9 Å². The molecule has 1 amide bonds. The van der Waals surface area contributed by atoms with Crippen LogP contribution in [0.15, 0.2) is 42.5 Å². The van der Waals surface area contributed by atoms with Gasteiger partial charge < -0.3 is 9.64 Å². The highest BCUT2D eigenvalue weighted by atomic mass is 35.5. The Morgan fingerprint density at radius 2 is 2.06 bits per heavy atom. The Hall–Kier alpha value is -1.87. The number of hydrogen-bond acceptors (Lipinski definition) is 3. The van der Waals surface area contributed by atoms with E-state index in [-0.39, 0.29) is 18.9 Å². The van der Waals surface area contributed by atoms with Crippen LogP contribution >= 0.6 is 11.6 Å². The van der Waals surface area contributed by atoms with Crippen LogP contribution in [0.4, 0.5) is 8.78 Å². The van der Waals surface area contributed by atoms with Gasteiger partial charge in [-0.1, -0.05) is 48.9 Å². The van der Waals surface area contributed by atoms with Crippen molar-refractivity contribution in [1.82, 2.24) is 9.62 Å². The van der Waals surface area contributed by atoms with E-state index in [2.05, 4.69) is 4.72 Å². The first-order valence-electron chi connectivity index (χ1n) is 10.6. The molecular weight excluding hydrogens is 458 g/mol. The molecular formula is C23H25ClF2N2O3S. The molecule has 1 N–H and O–H groups in total. The van der Waals surface area contributed by atoms with Gasteiger partial charge in [-0.2, -0.15) is 0 Å². The summed E-state index contributed by atoms with van der Waals surface area (Å²) in [6.07, 6.45) is -1.35. The molecule has 2 aromatic rings. The third kappa shape index (κ3) is 4.73. The molecule has 0 radical (unpaired) electrons. The molecule has 9 heteroatoms. The first-order valence-corrected chi connectivity index (χ1v) is 12.3. The SMILES string of the molecule is CCS(=O)N[C@H]1[C@@H](F)CN(C(=O)C2CCO2)[C@H]1Cc1cccc(-c2cccc(Cl)c2)c1F. The number of ether oxygens (including phenoxy) is 1. The van der Waals surface area contributed by atoms with E-state index in [1.54, 1.807) is 49.4 Å². The standard InChI is InChI=1S/C23H25ClF2N2O3S/c1-2-32(30)27-22-18(25)13-28(23(29)20-9-10-31-20)19(22)12-15-6-4-8-17(21(15)26)14-5-3-7-16(24)11-14/h3-8,11,18-20,22,27H,2,9-10,12-13H2,1H3/t18-,19-,20?,22-,32?/m0/s1. The smallest absolute Gasteiger partial charge is 0.252 e. The van der Waals surface area contributed by atoms with E-state index in [1.165, 1.54) is 4.90 Å². The molecule has 0 saturated carbocycles. The van der Waals surface area contributed by atoms with Crippen molar-refractivity contribution in [3.63, 3.8) is 0 Å². The van der Waals surface area contributed by atoms with Crippen LogP contribution in [-0.2, 0) is 26.9 Å². The van der Waals surface area contributed by atoms with Crippen LogP contribution in [0.3, 0.4) is 0 Å². The highest BCUT2D eigenvalue weighted by Gasteiger charge is 2.47. The number of carbonyl (C=O) groups is 1. The van der Waals surface area contributed by atoms with Gasteiger partial charge in [0.2, 0.25) is 0 Å². The zero-order valence-electron chi connectivity index (χ0n) is 17.6. The quantitative estimate of drug-likeness (QED) is 0.655. The largest absolute Gasteiger partial charge is 0.368 e. The number of carbonyl (C=O) groups excluding carboxylic acids is 1. The molecule has 2 aliphatic rings. The maximum Gasteiger partial charge on any atom is 0.252 e. The topological polar surface area (TPSA) is 58.6 Å². The van der Waals surface area contributed by atoms with Gasteiger partial charge in [-0.25, -0.2) is 17.7 Å². The molecule has 0 aliphatic carbocycles. The van der Waals surface area contributed by atoms with Gasteiger partial charge >= 0.3 is 0 Å². The summed E-state index contributed by atoms with van der Waals surface area (Å²) in [5.74, 6) is -0.449. The Morgan fingerprint density at radius 3 is 2.72 bits per heavy atom. The molecule has 4 rings (SSSR count). The van der Waals surface area contributed by atoms with E-state index in [9.17, 15) is 13.4 Å². The van der Waals surface area contributed by atoms with Gasteiger partial charge in [0, 0.05) is 22.8 Å². The molecule has 32 heavy (non-hydrogen) atoms. The molecule has 0 aromatic heterocycles. The molecule has 2 unspecified atom stereocenters. The lowest BCUT2D eigenvalue weighted by Gasteiger charge is -2.34. The summed E-state index contributed by atoms with van der Waals surface area (Å²) in [5.41, 5.74) is 1.36. The Balaban J connectivity index is 1.66. The average molecular weight is 483 g/mol. The van der Waals surface area contributed by atoms with Gasteiger partial charge in [-0.3, -0.25) is 4.79 Å². The lowest BCUT2D eigenvalue weighted by atomic mass is 9.95. The van der Waals surface area contributed by atoms with Crippen LogP contribution in [-0.4, -0.2) is 58.3 Å². The second-order valence-electron chi connectivity index (χ2n) is 7.99. The fraction of sp³-hybridized carbons (Fsp3) is 0.435. The van der Waals surface area contributed by atoms with Gasteiger partial charge in [0.15, 0.2) is 0 Å². The summed E-state index contributed by atoms with van der Waals surface area (Å²) < 4.78 is 50.8. The monoisotopic (exact) mass is 482 g/mol. The predicted molar refractivity (Wildman–Crippen MR) is 121 cm³/mol. The van der Waals surface area contributed by atoms with Crippen LogP contribution < -0.4 is 4.72 Å². The number of rotatable bonds is 7. The normalized spacial score (nSPS) is 26.1. The number of amides is 1. The lowest BCUT2D eigenvalue weighted by molar-refractivity contribution is -0.157. The molecule has 0 bridgehead atoms. The molecule has 172 valence electrons. The molecule has 5 atom stereocenters. The maximum atomic E-state index is 15.5. The van der Waals surface area contributed by atoms with Crippen molar-refractivity contribution in [1.29, 1.82) is 0 Å². The first-order chi connectivity index (χ1) is 15.4. The van der Waals surface area contributed by atoms with E-state index in [1.807, 2.05) is 0 Å². The average Bonchev–Trinajstić information content (AvgIpc) is 3.03. The lowest BCUT2D eigenvalue weighted by Crippen LogP contribution is -2.52. The molecule has 0 spiro atoms. The molecule has 2 aliphatic heterocycles. The Labute approximate surface area is 193 Å². The summed E-state index contributed by atoms with van der Waals surface area (Å²) in [4.78, 5) is 14.3. The fourth-order valence-corrected chi connectivity index (χ4v) is 5.17. The highest BCUT2D eigenvalue weighted by Crippen LogP contribution is 2.32. The second-order valence-corrected chi connectivity index (χ2v) is 9.93. The van der Waals surface area contributed by atoms with Gasteiger partial charge in [-0.15, -0.1) is 0 Å². The zero-order chi connectivity index (χ0) is 22.8. The van der Waals surface area contributed by atoms with Gasteiger partial charge in [0.1, 0.15) is 18.1 Å². The van der Waals surface area contributed by atoms with Crippen molar-refractivity contribution < 1.29 is 22.5 Å². The van der Waals surface area contributed by atoms with Gasteiger partial charge in [0.25, 0.3) is 5.91 Å². The van der Waals surface area contributed by atoms with Crippen LogP contribution in [0.25, 0.3) is 11.1 Å². The number of hydrogen-bond donors (Lipinski definition) is 1. The van der Waals surface area contributed by atoms with Crippen molar-refractivity contribution >= 4 is 28.5 Å². The van der Waals surface area contributed by atoms with Crippen molar-refractivity contribution in [2.75, 3.05) is 18.9 Å². The van der Waals surface area contributed by atoms with Crippen molar-refractivity contribution in [2.24, 2.45) is 0 Å². The number of likely N-dealkylation sites (tertiary alicyclic amines) is 1. The number of nitrogens with one attached hydrogen (secondary N) is 1. The minimum Gasteiger partial charge on any atom is -0.368 e. The van der Waals surface area contributed by atoms with E-state index in [0.717, 1.165) is 0 Å². The highest BCUT2D eigenvalue weighted by molar-refractivity contribution is 7.83.